The summed E-state index contributed by atoms with van der Waals surface area (Å²) in [7, 11) is 0. The van der Waals surface area contributed by atoms with Crippen molar-refractivity contribution in [3.05, 3.63) is 46.5 Å². The topological polar surface area (TPSA) is 66.8 Å². The van der Waals surface area contributed by atoms with Gasteiger partial charge in [0.2, 0.25) is 0 Å². The molecule has 3 heterocycles. The molecule has 7 heteroatoms. The van der Waals surface area contributed by atoms with E-state index in [1.165, 1.54) is 0 Å². The van der Waals surface area contributed by atoms with Crippen molar-refractivity contribution in [3.8, 4) is 0 Å². The fourth-order valence-corrected chi connectivity index (χ4v) is 3.98. The number of rotatable bonds is 3. The Hall–Kier alpha value is -2.15. The molecule has 130 valence electrons. The average Bonchev–Trinajstić information content (AvgIpc) is 3.24. The summed E-state index contributed by atoms with van der Waals surface area (Å²) in [4.78, 5) is 23.1. The number of aromatic amines is 1. The SMILES string of the molecule is CCn1ncc(Br)c1C(=O)N1CCCC(c2nc3ccccc3[nH]2)C1. The van der Waals surface area contributed by atoms with Gasteiger partial charge in [-0.25, -0.2) is 4.98 Å². The maximum absolute atomic E-state index is 13.0. The van der Waals surface area contributed by atoms with Crippen molar-refractivity contribution in [3.63, 3.8) is 0 Å². The van der Waals surface area contributed by atoms with Gasteiger partial charge in [-0.15, -0.1) is 0 Å². The van der Waals surface area contributed by atoms with Crippen molar-refractivity contribution in [2.75, 3.05) is 13.1 Å². The Morgan fingerprint density at radius 3 is 3.04 bits per heavy atom. The molecule has 0 aliphatic carbocycles. The second-order valence-electron chi connectivity index (χ2n) is 6.39. The van der Waals surface area contributed by atoms with E-state index in [9.17, 15) is 4.79 Å². The van der Waals surface area contributed by atoms with E-state index in [1.54, 1.807) is 10.9 Å². The Kier molecular flexibility index (Phi) is 4.33. The number of nitrogens with one attached hydrogen (secondary N) is 1. The van der Waals surface area contributed by atoms with Crippen LogP contribution in [0.2, 0.25) is 0 Å². The van der Waals surface area contributed by atoms with Crippen LogP contribution in [-0.4, -0.2) is 43.6 Å². The highest BCUT2D eigenvalue weighted by Gasteiger charge is 2.30. The minimum absolute atomic E-state index is 0.0343. The van der Waals surface area contributed by atoms with Gasteiger partial charge in [-0.2, -0.15) is 5.10 Å². The molecular weight excluding hydrogens is 382 g/mol. The van der Waals surface area contributed by atoms with E-state index in [2.05, 4.69) is 26.0 Å². The largest absolute Gasteiger partial charge is 0.342 e. The molecule has 0 spiro atoms. The van der Waals surface area contributed by atoms with Crippen LogP contribution in [0.1, 0.15) is 42.0 Å². The molecule has 4 rings (SSSR count). The summed E-state index contributed by atoms with van der Waals surface area (Å²) in [5, 5.41) is 4.26. The summed E-state index contributed by atoms with van der Waals surface area (Å²) in [6, 6.07) is 8.05. The van der Waals surface area contributed by atoms with Crippen molar-refractivity contribution in [1.29, 1.82) is 0 Å². The predicted octanol–water partition coefficient (Wildman–Crippen LogP) is 3.56. The van der Waals surface area contributed by atoms with Gasteiger partial charge in [0.1, 0.15) is 11.5 Å². The molecule has 6 nitrogen and oxygen atoms in total. The highest BCUT2D eigenvalue weighted by atomic mass is 79.9. The molecule has 3 aromatic rings. The number of para-hydroxylation sites is 2. The molecule has 1 saturated heterocycles. The zero-order valence-corrected chi connectivity index (χ0v) is 15.7. The van der Waals surface area contributed by atoms with Crippen LogP contribution in [-0.2, 0) is 6.54 Å². The van der Waals surface area contributed by atoms with Gasteiger partial charge in [0.15, 0.2) is 0 Å². The van der Waals surface area contributed by atoms with Gasteiger partial charge in [-0.3, -0.25) is 9.48 Å². The monoisotopic (exact) mass is 401 g/mol. The van der Waals surface area contributed by atoms with E-state index in [4.69, 9.17) is 4.98 Å². The van der Waals surface area contributed by atoms with Gasteiger partial charge in [-0.05, 0) is 47.8 Å². The first-order chi connectivity index (χ1) is 12.2. The Morgan fingerprint density at radius 2 is 2.24 bits per heavy atom. The number of imidazole rings is 1. The fourth-order valence-electron chi connectivity index (χ4n) is 3.52. The van der Waals surface area contributed by atoms with Crippen LogP contribution in [0.4, 0.5) is 0 Å². The summed E-state index contributed by atoms with van der Waals surface area (Å²) in [5.41, 5.74) is 2.66. The molecule has 2 aromatic heterocycles. The second kappa shape index (κ2) is 6.63. The third-order valence-electron chi connectivity index (χ3n) is 4.80. The van der Waals surface area contributed by atoms with Gasteiger partial charge < -0.3 is 9.88 Å². The molecule has 0 saturated carbocycles. The fraction of sp³-hybridized carbons (Fsp3) is 0.389. The highest BCUT2D eigenvalue weighted by molar-refractivity contribution is 9.10. The van der Waals surface area contributed by atoms with E-state index < -0.39 is 0 Å². The van der Waals surface area contributed by atoms with Crippen molar-refractivity contribution < 1.29 is 4.79 Å². The molecular formula is C18H20BrN5O. The number of H-pyrrole nitrogens is 1. The lowest BCUT2D eigenvalue weighted by Gasteiger charge is -2.32. The lowest BCUT2D eigenvalue weighted by atomic mass is 9.97. The van der Waals surface area contributed by atoms with E-state index in [0.29, 0.717) is 18.8 Å². The van der Waals surface area contributed by atoms with Gasteiger partial charge in [0.25, 0.3) is 5.91 Å². The lowest BCUT2D eigenvalue weighted by Crippen LogP contribution is -2.40. The molecule has 0 radical (unpaired) electrons. The smallest absolute Gasteiger partial charge is 0.273 e. The minimum atomic E-state index is 0.0343. The number of hydrogen-bond acceptors (Lipinski definition) is 3. The molecule has 1 amide bonds. The van der Waals surface area contributed by atoms with Gasteiger partial charge in [-0.1, -0.05) is 12.1 Å². The molecule has 1 aliphatic rings. The first-order valence-electron chi connectivity index (χ1n) is 8.62. The van der Waals surface area contributed by atoms with Crippen LogP contribution >= 0.6 is 15.9 Å². The maximum atomic E-state index is 13.0. The molecule has 0 bridgehead atoms. The number of carbonyl (C=O) groups excluding carboxylic acids is 1. The Balaban J connectivity index is 1.58. The normalized spacial score (nSPS) is 18.0. The molecule has 1 atom stereocenters. The summed E-state index contributed by atoms with van der Waals surface area (Å²) >= 11 is 3.46. The van der Waals surface area contributed by atoms with Crippen molar-refractivity contribution >= 4 is 32.9 Å². The quantitative estimate of drug-likeness (QED) is 0.729. The van der Waals surface area contributed by atoms with Crippen molar-refractivity contribution in [2.24, 2.45) is 0 Å². The number of benzene rings is 1. The van der Waals surface area contributed by atoms with Crippen LogP contribution < -0.4 is 0 Å². The molecule has 1 aromatic carbocycles. The van der Waals surface area contributed by atoms with Crippen LogP contribution in [0.5, 0.6) is 0 Å². The lowest BCUT2D eigenvalue weighted by molar-refractivity contribution is 0.0691. The van der Waals surface area contributed by atoms with Gasteiger partial charge >= 0.3 is 0 Å². The van der Waals surface area contributed by atoms with Crippen molar-refractivity contribution in [1.82, 2.24) is 24.6 Å². The van der Waals surface area contributed by atoms with Crippen LogP contribution in [0, 0.1) is 0 Å². The van der Waals surface area contributed by atoms with Crippen LogP contribution in [0.3, 0.4) is 0 Å². The van der Waals surface area contributed by atoms with E-state index >= 15 is 0 Å². The van der Waals surface area contributed by atoms with E-state index in [-0.39, 0.29) is 11.8 Å². The first-order valence-corrected chi connectivity index (χ1v) is 9.42. The number of aromatic nitrogens is 4. The number of fused-ring (bicyclic) bond motifs is 1. The Labute approximate surface area is 154 Å². The zero-order valence-electron chi connectivity index (χ0n) is 14.1. The number of likely N-dealkylation sites (tertiary alicyclic amines) is 1. The average molecular weight is 402 g/mol. The molecule has 1 aliphatic heterocycles. The summed E-state index contributed by atoms with van der Waals surface area (Å²) in [6.45, 7) is 4.12. The number of hydrogen-bond donors (Lipinski definition) is 1. The number of carbonyl (C=O) groups is 1. The molecule has 1 fully saturated rings. The highest BCUT2D eigenvalue weighted by Crippen LogP contribution is 2.28. The maximum Gasteiger partial charge on any atom is 0.273 e. The number of nitrogens with zero attached hydrogens (tertiary/aromatic N) is 4. The third-order valence-corrected chi connectivity index (χ3v) is 5.38. The molecule has 1 N–H and O–H groups in total. The zero-order chi connectivity index (χ0) is 17.4. The minimum Gasteiger partial charge on any atom is -0.342 e. The van der Waals surface area contributed by atoms with Gasteiger partial charge in [0.05, 0.1) is 21.7 Å². The molecule has 25 heavy (non-hydrogen) atoms. The summed E-state index contributed by atoms with van der Waals surface area (Å²) < 4.78 is 2.50. The van der Waals surface area contributed by atoms with E-state index in [0.717, 1.165) is 40.7 Å². The van der Waals surface area contributed by atoms with Gasteiger partial charge in [0, 0.05) is 25.6 Å². The molecule has 1 unspecified atom stereocenters. The predicted molar refractivity (Wildman–Crippen MR) is 99.6 cm³/mol. The third kappa shape index (κ3) is 2.97. The van der Waals surface area contributed by atoms with Crippen molar-refractivity contribution in [2.45, 2.75) is 32.2 Å². The standard InChI is InChI=1S/C18H20BrN5O/c1-2-24-16(13(19)10-20-24)18(25)23-9-5-6-12(11-23)17-21-14-7-3-4-8-15(14)22-17/h3-4,7-8,10,12H,2,5-6,9,11H2,1H3,(H,21,22). The van der Waals surface area contributed by atoms with Crippen LogP contribution in [0.25, 0.3) is 11.0 Å². The second-order valence-corrected chi connectivity index (χ2v) is 7.24. The van der Waals surface area contributed by atoms with Crippen LogP contribution in [0.15, 0.2) is 34.9 Å². The Bertz CT molecular complexity index is 882. The Morgan fingerprint density at radius 1 is 1.40 bits per heavy atom. The number of halogens is 1. The summed E-state index contributed by atoms with van der Waals surface area (Å²) in [6.07, 6.45) is 3.71. The first kappa shape index (κ1) is 16.3. The number of amides is 1. The number of piperidine rings is 1. The summed E-state index contributed by atoms with van der Waals surface area (Å²) in [5.74, 6) is 1.25. The number of aryl methyl sites for hydroxylation is 1. The van der Waals surface area contributed by atoms with E-state index in [1.807, 2.05) is 36.1 Å².